The fourth-order valence-electron chi connectivity index (χ4n) is 4.39. The minimum atomic E-state index is -4.31. The van der Waals surface area contributed by atoms with Gasteiger partial charge in [0.25, 0.3) is 5.91 Å². The smallest absolute Gasteiger partial charge is 0.373 e. The quantitative estimate of drug-likeness (QED) is 0.418. The van der Waals surface area contributed by atoms with Crippen molar-refractivity contribution in [1.82, 2.24) is 19.5 Å². The zero-order valence-corrected chi connectivity index (χ0v) is 19.1. The number of hydrogen-bond acceptors (Lipinski definition) is 5. The number of carbonyl (C=O) groups excluding carboxylic acids is 1. The Morgan fingerprint density at radius 2 is 1.91 bits per heavy atom. The van der Waals surface area contributed by atoms with Crippen molar-refractivity contribution < 1.29 is 18.0 Å². The number of imidazole rings is 1. The van der Waals surface area contributed by atoms with Gasteiger partial charge in [0.15, 0.2) is 0 Å². The highest BCUT2D eigenvalue weighted by atomic mass is 19.4. The summed E-state index contributed by atoms with van der Waals surface area (Å²) in [4.78, 5) is 26.0. The third kappa shape index (κ3) is 4.43. The molecule has 1 aliphatic rings. The van der Waals surface area contributed by atoms with Crippen LogP contribution in [0.1, 0.15) is 28.3 Å². The Hall–Kier alpha value is -3.95. The van der Waals surface area contributed by atoms with Gasteiger partial charge in [-0.3, -0.25) is 9.78 Å². The summed E-state index contributed by atoms with van der Waals surface area (Å²) in [5.74, 6) is -0.762. The summed E-state index contributed by atoms with van der Waals surface area (Å²) in [6, 6.07) is 9.31. The van der Waals surface area contributed by atoms with Crippen LogP contribution in [-0.4, -0.2) is 38.7 Å². The van der Waals surface area contributed by atoms with Crippen molar-refractivity contribution in [2.45, 2.75) is 32.5 Å². The van der Waals surface area contributed by atoms with Crippen molar-refractivity contribution in [3.63, 3.8) is 0 Å². The molecule has 0 fully saturated rings. The molecule has 3 aromatic heterocycles. The molecular weight excluding hydrogens is 457 g/mol. The number of nitrogens with zero attached hydrogens (tertiary/aromatic N) is 4. The van der Waals surface area contributed by atoms with Crippen LogP contribution in [0.2, 0.25) is 0 Å². The number of carbonyl (C=O) groups is 1. The zero-order chi connectivity index (χ0) is 24.7. The average Bonchev–Trinajstić information content (AvgIpc) is 3.27. The highest BCUT2D eigenvalue weighted by Crippen LogP contribution is 2.35. The Morgan fingerprint density at radius 1 is 1.09 bits per heavy atom. The lowest BCUT2D eigenvalue weighted by Crippen LogP contribution is -2.33. The van der Waals surface area contributed by atoms with Crippen LogP contribution in [0.4, 0.5) is 24.7 Å². The lowest BCUT2D eigenvalue weighted by Gasteiger charge is -2.26. The molecule has 2 N–H and O–H groups in total. The fourth-order valence-corrected chi connectivity index (χ4v) is 4.39. The van der Waals surface area contributed by atoms with E-state index in [4.69, 9.17) is 0 Å². The largest absolute Gasteiger partial charge is 0.393 e. The number of hydrogen-bond donors (Lipinski definition) is 2. The predicted octanol–water partition coefficient (Wildman–Crippen LogP) is 5.22. The lowest BCUT2D eigenvalue weighted by atomic mass is 9.98. The molecule has 0 saturated heterocycles. The maximum atomic E-state index is 13.3. The van der Waals surface area contributed by atoms with E-state index in [1.165, 1.54) is 10.8 Å². The van der Waals surface area contributed by atoms with E-state index in [1.807, 2.05) is 31.2 Å². The van der Waals surface area contributed by atoms with Gasteiger partial charge in [0.1, 0.15) is 17.3 Å². The van der Waals surface area contributed by atoms with E-state index in [0.29, 0.717) is 11.5 Å². The predicted molar refractivity (Wildman–Crippen MR) is 127 cm³/mol. The second-order valence-electron chi connectivity index (χ2n) is 8.67. The van der Waals surface area contributed by atoms with Gasteiger partial charge in [-0.15, -0.1) is 0 Å². The molecule has 1 aliphatic heterocycles. The summed E-state index contributed by atoms with van der Waals surface area (Å²) in [6.07, 6.45) is 0.716. The first kappa shape index (κ1) is 22.8. The van der Waals surface area contributed by atoms with Crippen LogP contribution < -0.4 is 10.6 Å². The van der Waals surface area contributed by atoms with Gasteiger partial charge in [-0.1, -0.05) is 6.07 Å². The number of aryl methyl sites for hydroxylation is 2. The summed E-state index contributed by atoms with van der Waals surface area (Å²) < 4.78 is 41.1. The number of nitrogens with one attached hydrogen (secondary N) is 2. The maximum Gasteiger partial charge on any atom is 0.393 e. The molecule has 0 aliphatic carbocycles. The number of aromatic nitrogens is 4. The summed E-state index contributed by atoms with van der Waals surface area (Å²) in [5, 5.41) is 6.68. The summed E-state index contributed by atoms with van der Waals surface area (Å²) in [7, 11) is 1.79. The molecule has 1 aromatic carbocycles. The van der Waals surface area contributed by atoms with E-state index in [2.05, 4.69) is 25.6 Å². The molecule has 0 saturated carbocycles. The number of fused-ring (bicyclic) bond motifs is 2. The molecule has 0 spiro atoms. The number of rotatable bonds is 4. The van der Waals surface area contributed by atoms with Crippen molar-refractivity contribution in [1.29, 1.82) is 0 Å². The van der Waals surface area contributed by atoms with Gasteiger partial charge in [-0.2, -0.15) is 13.2 Å². The number of halogens is 3. The van der Waals surface area contributed by atoms with Crippen LogP contribution in [0.25, 0.3) is 22.0 Å². The minimum Gasteiger partial charge on any atom is -0.373 e. The van der Waals surface area contributed by atoms with Gasteiger partial charge in [-0.05, 0) is 42.7 Å². The maximum absolute atomic E-state index is 13.3. The highest BCUT2D eigenvalue weighted by Gasteiger charge is 2.42. The normalized spacial score (nSPS) is 15.6. The molecule has 5 rings (SSSR count). The molecule has 1 atom stereocenters. The third-order valence-corrected chi connectivity index (χ3v) is 6.38. The number of alkyl halides is 3. The Morgan fingerprint density at radius 3 is 2.69 bits per heavy atom. The molecule has 4 heterocycles. The Labute approximate surface area is 199 Å². The molecule has 35 heavy (non-hydrogen) atoms. The van der Waals surface area contributed by atoms with E-state index >= 15 is 0 Å². The topological polar surface area (TPSA) is 84.7 Å². The van der Waals surface area contributed by atoms with E-state index in [1.54, 1.807) is 25.5 Å². The van der Waals surface area contributed by atoms with Crippen LogP contribution in [0, 0.1) is 12.8 Å². The van der Waals surface area contributed by atoms with Crippen molar-refractivity contribution in [3.8, 4) is 11.1 Å². The summed E-state index contributed by atoms with van der Waals surface area (Å²) in [5.41, 5.74) is 4.17. The molecule has 4 aromatic rings. The molecule has 0 bridgehead atoms. The molecule has 7 nitrogen and oxygen atoms in total. The highest BCUT2D eigenvalue weighted by molar-refractivity contribution is 6.03. The standard InChI is InChI=1S/C25H23F3N6O/c1-14-3-5-18(8-19(14)15-7-16-11-31-22(29-2)9-20(16)30-10-15)33-24(35)21-12-32-23-6-4-17(13-34(21)23)25(26,27)28/h3,5,7-12,17H,4,6,13H2,1-2H3,(H,29,31)(H,33,35). The SMILES string of the molecule is CNc1cc2ncc(-c3cc(NC(=O)c4cnc5n4CC(C(F)(F)F)CC5)ccc3C)cc2cn1. The van der Waals surface area contributed by atoms with Gasteiger partial charge in [0, 0.05) is 55.1 Å². The van der Waals surface area contributed by atoms with Crippen LogP contribution in [0.3, 0.4) is 0 Å². The van der Waals surface area contributed by atoms with Gasteiger partial charge in [0.05, 0.1) is 17.6 Å². The molecule has 10 heteroatoms. The number of amides is 1. The van der Waals surface area contributed by atoms with Crippen molar-refractivity contribution in [3.05, 3.63) is 66.0 Å². The van der Waals surface area contributed by atoms with Crippen LogP contribution in [0.5, 0.6) is 0 Å². The second-order valence-corrected chi connectivity index (χ2v) is 8.67. The molecule has 180 valence electrons. The van der Waals surface area contributed by atoms with Crippen molar-refractivity contribution in [2.24, 2.45) is 5.92 Å². The van der Waals surface area contributed by atoms with Gasteiger partial charge in [0.2, 0.25) is 0 Å². The van der Waals surface area contributed by atoms with Crippen LogP contribution in [0.15, 0.2) is 48.9 Å². The average molecular weight is 480 g/mol. The Kier molecular flexibility index (Phi) is 5.66. The molecular formula is C25H23F3N6O. The van der Waals surface area contributed by atoms with E-state index in [0.717, 1.165) is 33.4 Å². The lowest BCUT2D eigenvalue weighted by molar-refractivity contribution is -0.182. The molecule has 0 radical (unpaired) electrons. The zero-order valence-electron chi connectivity index (χ0n) is 19.1. The van der Waals surface area contributed by atoms with E-state index in [-0.39, 0.29) is 25.1 Å². The van der Waals surface area contributed by atoms with E-state index < -0.39 is 18.0 Å². The van der Waals surface area contributed by atoms with Crippen LogP contribution in [-0.2, 0) is 13.0 Å². The third-order valence-electron chi connectivity index (χ3n) is 6.38. The van der Waals surface area contributed by atoms with Crippen molar-refractivity contribution in [2.75, 3.05) is 17.7 Å². The second kappa shape index (κ2) is 8.68. The minimum absolute atomic E-state index is 0.0194. The number of pyridine rings is 2. The van der Waals surface area contributed by atoms with Gasteiger partial charge < -0.3 is 15.2 Å². The number of benzene rings is 1. The fraction of sp³-hybridized carbons (Fsp3) is 0.280. The first-order valence-electron chi connectivity index (χ1n) is 11.2. The Balaban J connectivity index is 1.41. The summed E-state index contributed by atoms with van der Waals surface area (Å²) >= 11 is 0. The summed E-state index contributed by atoms with van der Waals surface area (Å²) in [6.45, 7) is 1.66. The molecule has 1 amide bonds. The van der Waals surface area contributed by atoms with E-state index in [9.17, 15) is 18.0 Å². The first-order valence-corrected chi connectivity index (χ1v) is 11.2. The van der Waals surface area contributed by atoms with Crippen LogP contribution >= 0.6 is 0 Å². The monoisotopic (exact) mass is 480 g/mol. The molecule has 1 unspecified atom stereocenters. The number of anilines is 2. The van der Waals surface area contributed by atoms with Gasteiger partial charge in [-0.25, -0.2) is 9.97 Å². The van der Waals surface area contributed by atoms with Crippen molar-refractivity contribution >= 4 is 28.3 Å². The first-order chi connectivity index (χ1) is 16.7. The van der Waals surface area contributed by atoms with Gasteiger partial charge >= 0.3 is 6.18 Å². The Bertz CT molecular complexity index is 1430.